The Hall–Kier alpha value is -1.22. The lowest BCUT2D eigenvalue weighted by molar-refractivity contribution is 0.407. The van der Waals surface area contributed by atoms with Crippen LogP contribution in [0.1, 0.15) is 13.8 Å². The molecule has 1 aromatic rings. The topological polar surface area (TPSA) is 35.5 Å². The molecule has 1 aliphatic heterocycles. The summed E-state index contributed by atoms with van der Waals surface area (Å²) in [5.41, 5.74) is 1.19. The van der Waals surface area contributed by atoms with Gasteiger partial charge in [-0.2, -0.15) is 0 Å². The molecule has 2 atom stereocenters. The van der Waals surface area contributed by atoms with Crippen molar-refractivity contribution in [2.75, 3.05) is 18.0 Å². The van der Waals surface area contributed by atoms with Gasteiger partial charge in [0.25, 0.3) is 0 Å². The molecule has 3 nitrogen and oxygen atoms in total. The van der Waals surface area contributed by atoms with E-state index in [4.69, 9.17) is 0 Å². The van der Waals surface area contributed by atoms with Crippen LogP contribution in [0, 0.1) is 0 Å². The summed E-state index contributed by atoms with van der Waals surface area (Å²) in [5.74, 6) is 0.329. The van der Waals surface area contributed by atoms with Crippen LogP contribution in [0.25, 0.3) is 0 Å². The normalized spacial score (nSPS) is 26.7. The van der Waals surface area contributed by atoms with Crippen molar-refractivity contribution in [2.24, 2.45) is 0 Å². The van der Waals surface area contributed by atoms with E-state index >= 15 is 0 Å². The van der Waals surface area contributed by atoms with Crippen molar-refractivity contribution in [3.05, 3.63) is 24.3 Å². The van der Waals surface area contributed by atoms with Gasteiger partial charge in [0.15, 0.2) is 0 Å². The molecule has 82 valence electrons. The van der Waals surface area contributed by atoms with Gasteiger partial charge in [0.1, 0.15) is 5.75 Å². The highest BCUT2D eigenvalue weighted by Gasteiger charge is 2.20. The van der Waals surface area contributed by atoms with Crippen LogP contribution in [0.4, 0.5) is 5.69 Å². The molecule has 0 saturated carbocycles. The van der Waals surface area contributed by atoms with Crippen LogP contribution in [0.3, 0.4) is 0 Å². The molecule has 1 aromatic carbocycles. The van der Waals surface area contributed by atoms with Gasteiger partial charge in [0.05, 0.1) is 0 Å². The minimum Gasteiger partial charge on any atom is -0.508 e. The molecule has 0 aliphatic carbocycles. The Labute approximate surface area is 90.7 Å². The first-order chi connectivity index (χ1) is 7.15. The van der Waals surface area contributed by atoms with E-state index in [1.165, 1.54) is 5.69 Å². The zero-order valence-electron chi connectivity index (χ0n) is 9.27. The maximum absolute atomic E-state index is 9.23. The van der Waals surface area contributed by atoms with Crippen molar-refractivity contribution in [2.45, 2.75) is 25.9 Å². The maximum Gasteiger partial charge on any atom is 0.115 e. The second-order valence-corrected chi connectivity index (χ2v) is 4.39. The highest BCUT2D eigenvalue weighted by atomic mass is 16.3. The molecule has 15 heavy (non-hydrogen) atoms. The van der Waals surface area contributed by atoms with Gasteiger partial charge in [0.2, 0.25) is 0 Å². The van der Waals surface area contributed by atoms with E-state index < -0.39 is 0 Å². The number of aromatic hydroxyl groups is 1. The van der Waals surface area contributed by atoms with Gasteiger partial charge < -0.3 is 15.3 Å². The Kier molecular flexibility index (Phi) is 2.82. The van der Waals surface area contributed by atoms with Crippen LogP contribution in [0.5, 0.6) is 5.75 Å². The number of nitrogens with zero attached hydrogens (tertiary/aromatic N) is 1. The summed E-state index contributed by atoms with van der Waals surface area (Å²) in [6, 6.07) is 8.46. The van der Waals surface area contributed by atoms with Crippen LogP contribution >= 0.6 is 0 Å². The Morgan fingerprint density at radius 1 is 1.13 bits per heavy atom. The van der Waals surface area contributed by atoms with Gasteiger partial charge in [-0.25, -0.2) is 0 Å². The summed E-state index contributed by atoms with van der Waals surface area (Å²) in [6.45, 7) is 6.44. The van der Waals surface area contributed by atoms with E-state index in [-0.39, 0.29) is 0 Å². The Bertz CT molecular complexity index is 313. The molecular formula is C12H18N2O. The van der Waals surface area contributed by atoms with Crippen molar-refractivity contribution in [3.8, 4) is 5.75 Å². The van der Waals surface area contributed by atoms with Crippen LogP contribution in [-0.2, 0) is 0 Å². The van der Waals surface area contributed by atoms with Gasteiger partial charge in [-0.1, -0.05) is 0 Å². The van der Waals surface area contributed by atoms with Crippen LogP contribution in [-0.4, -0.2) is 30.3 Å². The Morgan fingerprint density at radius 2 is 1.67 bits per heavy atom. The van der Waals surface area contributed by atoms with E-state index in [1.807, 2.05) is 12.1 Å². The molecule has 2 rings (SSSR count). The SMILES string of the molecule is CC1CN(c2ccc(O)cc2)CC(C)N1. The molecule has 1 fully saturated rings. The lowest BCUT2D eigenvalue weighted by atomic mass is 10.1. The summed E-state index contributed by atoms with van der Waals surface area (Å²) < 4.78 is 0. The minimum atomic E-state index is 0.329. The van der Waals surface area contributed by atoms with Crippen molar-refractivity contribution < 1.29 is 5.11 Å². The second kappa shape index (κ2) is 4.11. The molecule has 2 N–H and O–H groups in total. The maximum atomic E-state index is 9.23. The van der Waals surface area contributed by atoms with Crippen LogP contribution in [0.2, 0.25) is 0 Å². The third-order valence-electron chi connectivity index (χ3n) is 2.77. The zero-order valence-corrected chi connectivity index (χ0v) is 9.27. The number of piperazine rings is 1. The van der Waals surface area contributed by atoms with Crippen molar-refractivity contribution in [1.82, 2.24) is 5.32 Å². The third-order valence-corrected chi connectivity index (χ3v) is 2.77. The van der Waals surface area contributed by atoms with Crippen molar-refractivity contribution in [3.63, 3.8) is 0 Å². The van der Waals surface area contributed by atoms with Gasteiger partial charge in [-0.05, 0) is 38.1 Å². The Balaban J connectivity index is 2.12. The summed E-state index contributed by atoms with van der Waals surface area (Å²) in [6.07, 6.45) is 0. The fourth-order valence-electron chi connectivity index (χ4n) is 2.20. The molecule has 1 aliphatic rings. The fraction of sp³-hybridized carbons (Fsp3) is 0.500. The van der Waals surface area contributed by atoms with Crippen molar-refractivity contribution in [1.29, 1.82) is 0 Å². The largest absolute Gasteiger partial charge is 0.508 e. The van der Waals surface area contributed by atoms with E-state index in [0.717, 1.165) is 13.1 Å². The molecule has 2 unspecified atom stereocenters. The summed E-state index contributed by atoms with van der Waals surface area (Å²) in [4.78, 5) is 2.35. The lowest BCUT2D eigenvalue weighted by Crippen LogP contribution is -2.54. The second-order valence-electron chi connectivity index (χ2n) is 4.39. The number of hydrogen-bond acceptors (Lipinski definition) is 3. The standard InChI is InChI=1S/C12H18N2O/c1-9-7-14(8-10(2)13-9)11-3-5-12(15)6-4-11/h3-6,9-10,13,15H,7-8H2,1-2H3. The predicted molar refractivity (Wildman–Crippen MR) is 62.4 cm³/mol. The molecule has 0 bridgehead atoms. The average molecular weight is 206 g/mol. The van der Waals surface area contributed by atoms with E-state index in [0.29, 0.717) is 17.8 Å². The number of anilines is 1. The first-order valence-corrected chi connectivity index (χ1v) is 5.45. The molecule has 0 radical (unpaired) electrons. The van der Waals surface area contributed by atoms with Gasteiger partial charge in [0, 0.05) is 30.9 Å². The fourth-order valence-corrected chi connectivity index (χ4v) is 2.20. The lowest BCUT2D eigenvalue weighted by Gasteiger charge is -2.37. The molecule has 0 aromatic heterocycles. The van der Waals surface area contributed by atoms with Gasteiger partial charge >= 0.3 is 0 Å². The highest BCUT2D eigenvalue weighted by molar-refractivity contribution is 5.49. The zero-order chi connectivity index (χ0) is 10.8. The molecular weight excluding hydrogens is 188 g/mol. The first kappa shape index (κ1) is 10.3. The monoisotopic (exact) mass is 206 g/mol. The highest BCUT2D eigenvalue weighted by Crippen LogP contribution is 2.20. The van der Waals surface area contributed by atoms with Gasteiger partial charge in [-0.3, -0.25) is 0 Å². The Morgan fingerprint density at radius 3 is 2.20 bits per heavy atom. The molecule has 0 spiro atoms. The average Bonchev–Trinajstić information content (AvgIpc) is 2.17. The van der Waals surface area contributed by atoms with E-state index in [2.05, 4.69) is 24.1 Å². The number of benzene rings is 1. The number of nitrogens with one attached hydrogen (secondary N) is 1. The number of phenols is 1. The quantitative estimate of drug-likeness (QED) is 0.732. The van der Waals surface area contributed by atoms with Crippen LogP contribution in [0.15, 0.2) is 24.3 Å². The summed E-state index contributed by atoms with van der Waals surface area (Å²) in [5, 5.41) is 12.7. The number of rotatable bonds is 1. The van der Waals surface area contributed by atoms with Crippen LogP contribution < -0.4 is 10.2 Å². The smallest absolute Gasteiger partial charge is 0.115 e. The molecule has 1 heterocycles. The minimum absolute atomic E-state index is 0.329. The van der Waals surface area contributed by atoms with E-state index in [1.54, 1.807) is 12.1 Å². The number of hydrogen-bond donors (Lipinski definition) is 2. The van der Waals surface area contributed by atoms with Crippen molar-refractivity contribution >= 4 is 5.69 Å². The predicted octanol–water partition coefficient (Wildman–Crippen LogP) is 1.58. The third kappa shape index (κ3) is 2.42. The van der Waals surface area contributed by atoms with E-state index in [9.17, 15) is 5.11 Å². The summed E-state index contributed by atoms with van der Waals surface area (Å²) in [7, 11) is 0. The first-order valence-electron chi connectivity index (χ1n) is 5.45. The number of phenolic OH excluding ortho intramolecular Hbond substituents is 1. The van der Waals surface area contributed by atoms with Gasteiger partial charge in [-0.15, -0.1) is 0 Å². The summed E-state index contributed by atoms with van der Waals surface area (Å²) >= 11 is 0. The molecule has 1 saturated heterocycles. The molecule has 0 amide bonds. The molecule has 3 heteroatoms.